The van der Waals surface area contributed by atoms with Gasteiger partial charge < -0.3 is 20.7 Å². The number of rotatable bonds is 5. The molecule has 8 heteroatoms. The molecule has 0 spiro atoms. The van der Waals surface area contributed by atoms with Crippen LogP contribution in [0.1, 0.15) is 24.1 Å². The fourth-order valence-electron chi connectivity index (χ4n) is 3.30. The third-order valence-electron chi connectivity index (χ3n) is 4.48. The second-order valence-corrected chi connectivity index (χ2v) is 6.23. The number of hydrogen-bond donors (Lipinski definition) is 2. The largest absolute Gasteiger partial charge is 0.435 e. The molecule has 0 unspecified atom stereocenters. The SMILES string of the molecule is C[C@@H](c1ccccc1)N1C(=O)[C@H](NC(N)=O)Cc2cc(OC(F)F)ccc21. The maximum Gasteiger partial charge on any atom is 0.387 e. The zero-order valence-electron chi connectivity index (χ0n) is 14.6. The lowest BCUT2D eigenvalue weighted by Gasteiger charge is -2.38. The molecule has 0 fully saturated rings. The first-order valence-corrected chi connectivity index (χ1v) is 8.38. The van der Waals surface area contributed by atoms with Gasteiger partial charge in [-0.15, -0.1) is 0 Å². The van der Waals surface area contributed by atoms with Gasteiger partial charge in [-0.05, 0) is 36.2 Å². The molecule has 0 radical (unpaired) electrons. The van der Waals surface area contributed by atoms with Crippen LogP contribution < -0.4 is 20.7 Å². The predicted octanol–water partition coefficient (Wildman–Crippen LogP) is 2.98. The number of carbonyl (C=O) groups excluding carboxylic acids is 2. The Bertz CT molecular complexity index is 845. The molecule has 27 heavy (non-hydrogen) atoms. The fraction of sp³-hybridized carbons (Fsp3) is 0.263. The van der Waals surface area contributed by atoms with Gasteiger partial charge in [0.25, 0.3) is 5.91 Å². The van der Waals surface area contributed by atoms with Crippen LogP contribution in [0.4, 0.5) is 19.3 Å². The van der Waals surface area contributed by atoms with Gasteiger partial charge in [0.15, 0.2) is 0 Å². The van der Waals surface area contributed by atoms with E-state index in [1.54, 1.807) is 11.0 Å². The normalized spacial score (nSPS) is 17.4. The van der Waals surface area contributed by atoms with Crippen molar-refractivity contribution >= 4 is 17.6 Å². The molecule has 3 rings (SSSR count). The number of nitrogens with zero attached hydrogens (tertiary/aromatic N) is 1. The Balaban J connectivity index is 2.03. The number of primary amides is 1. The van der Waals surface area contributed by atoms with Gasteiger partial charge in [-0.25, -0.2) is 4.79 Å². The van der Waals surface area contributed by atoms with E-state index in [-0.39, 0.29) is 24.1 Å². The maximum atomic E-state index is 13.0. The van der Waals surface area contributed by atoms with E-state index in [4.69, 9.17) is 5.73 Å². The second-order valence-electron chi connectivity index (χ2n) is 6.23. The van der Waals surface area contributed by atoms with Crippen LogP contribution in [0.3, 0.4) is 0 Å². The number of urea groups is 1. The van der Waals surface area contributed by atoms with Crippen LogP contribution in [-0.4, -0.2) is 24.6 Å². The Labute approximate surface area is 154 Å². The number of carbonyl (C=O) groups is 2. The highest BCUT2D eigenvalue weighted by Gasteiger charge is 2.36. The van der Waals surface area contributed by atoms with E-state index in [2.05, 4.69) is 10.1 Å². The molecule has 1 aliphatic rings. The van der Waals surface area contributed by atoms with Crippen molar-refractivity contribution < 1.29 is 23.1 Å². The average Bonchev–Trinajstić information content (AvgIpc) is 2.62. The molecular formula is C19H19F2N3O3. The highest BCUT2D eigenvalue weighted by atomic mass is 19.3. The number of anilines is 1. The quantitative estimate of drug-likeness (QED) is 0.843. The fourth-order valence-corrected chi connectivity index (χ4v) is 3.30. The molecule has 3 N–H and O–H groups in total. The first kappa shape index (κ1) is 18.6. The smallest absolute Gasteiger partial charge is 0.387 e. The van der Waals surface area contributed by atoms with Gasteiger partial charge >= 0.3 is 12.6 Å². The number of amides is 3. The highest BCUT2D eigenvalue weighted by Crippen LogP contribution is 2.37. The number of nitrogens with one attached hydrogen (secondary N) is 1. The highest BCUT2D eigenvalue weighted by molar-refractivity contribution is 6.02. The molecule has 0 saturated heterocycles. The zero-order chi connectivity index (χ0) is 19.6. The van der Waals surface area contributed by atoms with Gasteiger partial charge in [-0.2, -0.15) is 8.78 Å². The van der Waals surface area contributed by atoms with Gasteiger partial charge in [0.1, 0.15) is 11.8 Å². The van der Waals surface area contributed by atoms with Crippen molar-refractivity contribution in [1.82, 2.24) is 5.32 Å². The molecule has 1 heterocycles. The van der Waals surface area contributed by atoms with Gasteiger partial charge in [-0.1, -0.05) is 30.3 Å². The monoisotopic (exact) mass is 375 g/mol. The molecular weight excluding hydrogens is 356 g/mol. The van der Waals surface area contributed by atoms with Gasteiger partial charge in [0.2, 0.25) is 0 Å². The van der Waals surface area contributed by atoms with E-state index in [0.717, 1.165) is 5.56 Å². The van der Waals surface area contributed by atoms with Crippen LogP contribution in [0.2, 0.25) is 0 Å². The van der Waals surface area contributed by atoms with Crippen LogP contribution in [-0.2, 0) is 11.2 Å². The number of ether oxygens (including phenoxy) is 1. The van der Waals surface area contributed by atoms with E-state index >= 15 is 0 Å². The Morgan fingerprint density at radius 2 is 1.96 bits per heavy atom. The molecule has 0 aromatic heterocycles. The molecule has 1 aliphatic heterocycles. The number of hydrogen-bond acceptors (Lipinski definition) is 3. The molecule has 0 saturated carbocycles. The Kier molecular flexibility index (Phi) is 5.25. The average molecular weight is 375 g/mol. The Hall–Kier alpha value is -3.16. The van der Waals surface area contributed by atoms with Crippen molar-refractivity contribution in [3.8, 4) is 5.75 Å². The lowest BCUT2D eigenvalue weighted by Crippen LogP contribution is -2.54. The van der Waals surface area contributed by atoms with E-state index < -0.39 is 18.7 Å². The lowest BCUT2D eigenvalue weighted by atomic mass is 9.94. The maximum absolute atomic E-state index is 13.0. The van der Waals surface area contributed by atoms with Crippen LogP contribution >= 0.6 is 0 Å². The number of fused-ring (bicyclic) bond motifs is 1. The van der Waals surface area contributed by atoms with E-state index in [9.17, 15) is 18.4 Å². The van der Waals surface area contributed by atoms with Crippen LogP contribution in [0.15, 0.2) is 48.5 Å². The van der Waals surface area contributed by atoms with E-state index in [1.165, 1.54) is 12.1 Å². The number of benzene rings is 2. The summed E-state index contributed by atoms with van der Waals surface area (Å²) in [4.78, 5) is 25.8. The summed E-state index contributed by atoms with van der Waals surface area (Å²) in [5.41, 5.74) is 7.27. The Morgan fingerprint density at radius 3 is 2.59 bits per heavy atom. The molecule has 142 valence electrons. The molecule has 0 aliphatic carbocycles. The van der Waals surface area contributed by atoms with Crippen molar-refractivity contribution in [2.45, 2.75) is 32.0 Å². The standard InChI is InChI=1S/C19H19F2N3O3/c1-11(12-5-3-2-4-6-12)24-16-8-7-14(27-18(20)21)9-13(16)10-15(17(24)25)23-19(22)26/h2-9,11,15,18H,10H2,1H3,(H3,22,23,26)/t11-,15+/m0/s1. The van der Waals surface area contributed by atoms with Gasteiger partial charge in [-0.3, -0.25) is 4.79 Å². The van der Waals surface area contributed by atoms with Crippen molar-refractivity contribution in [2.75, 3.05) is 4.90 Å². The summed E-state index contributed by atoms with van der Waals surface area (Å²) in [5, 5.41) is 2.43. The summed E-state index contributed by atoms with van der Waals surface area (Å²) in [6.07, 6.45) is 0.134. The third kappa shape index (κ3) is 3.99. The molecule has 6 nitrogen and oxygen atoms in total. The zero-order valence-corrected chi connectivity index (χ0v) is 14.6. The topological polar surface area (TPSA) is 84.7 Å². The first-order valence-electron chi connectivity index (χ1n) is 8.38. The van der Waals surface area contributed by atoms with Crippen LogP contribution in [0.25, 0.3) is 0 Å². The van der Waals surface area contributed by atoms with E-state index in [0.29, 0.717) is 11.3 Å². The summed E-state index contributed by atoms with van der Waals surface area (Å²) >= 11 is 0. The lowest BCUT2D eigenvalue weighted by molar-refractivity contribution is -0.121. The Morgan fingerprint density at radius 1 is 1.26 bits per heavy atom. The van der Waals surface area contributed by atoms with Gasteiger partial charge in [0, 0.05) is 12.1 Å². The molecule has 2 aromatic carbocycles. The van der Waals surface area contributed by atoms with Gasteiger partial charge in [0.05, 0.1) is 6.04 Å². The summed E-state index contributed by atoms with van der Waals surface area (Å²) < 4.78 is 29.5. The van der Waals surface area contributed by atoms with Crippen LogP contribution in [0.5, 0.6) is 5.75 Å². The molecule has 3 amide bonds. The van der Waals surface area contributed by atoms with Crippen molar-refractivity contribution in [3.63, 3.8) is 0 Å². The predicted molar refractivity (Wildman–Crippen MR) is 95.6 cm³/mol. The summed E-state index contributed by atoms with van der Waals surface area (Å²) in [6, 6.07) is 11.7. The van der Waals surface area contributed by atoms with Crippen LogP contribution in [0, 0.1) is 0 Å². The molecule has 0 bridgehead atoms. The number of alkyl halides is 2. The number of halogens is 2. The summed E-state index contributed by atoms with van der Waals surface area (Å²) in [5.74, 6) is -0.330. The molecule has 2 aromatic rings. The second kappa shape index (κ2) is 7.61. The number of nitrogens with two attached hydrogens (primary N) is 1. The minimum absolute atomic E-state index is 0.0109. The first-order chi connectivity index (χ1) is 12.9. The minimum atomic E-state index is -2.95. The minimum Gasteiger partial charge on any atom is -0.435 e. The van der Waals surface area contributed by atoms with Crippen molar-refractivity contribution in [3.05, 3.63) is 59.7 Å². The van der Waals surface area contributed by atoms with Crippen molar-refractivity contribution in [1.29, 1.82) is 0 Å². The third-order valence-corrected chi connectivity index (χ3v) is 4.48. The van der Waals surface area contributed by atoms with E-state index in [1.807, 2.05) is 37.3 Å². The van der Waals surface area contributed by atoms with Crippen molar-refractivity contribution in [2.24, 2.45) is 5.73 Å². The summed E-state index contributed by atoms with van der Waals surface area (Å²) in [6.45, 7) is -1.10. The summed E-state index contributed by atoms with van der Waals surface area (Å²) in [7, 11) is 0. The molecule has 2 atom stereocenters.